The topological polar surface area (TPSA) is 52.5 Å². The van der Waals surface area contributed by atoms with Crippen molar-refractivity contribution >= 4 is 0 Å². The minimum absolute atomic E-state index is 0.0353. The van der Waals surface area contributed by atoms with Crippen molar-refractivity contribution in [3.8, 4) is 0 Å². The standard InChI is InChI=1S/C13H27NO2/c1-5-10-11(15)7-6-8-13(10,4)14-9-12(2,3)16/h10-11,14-16H,5-9H2,1-4H3. The van der Waals surface area contributed by atoms with Gasteiger partial charge in [0.15, 0.2) is 0 Å². The van der Waals surface area contributed by atoms with Gasteiger partial charge in [0, 0.05) is 18.0 Å². The molecular formula is C13H27NO2. The first-order valence-corrected chi connectivity index (χ1v) is 6.44. The van der Waals surface area contributed by atoms with Crippen molar-refractivity contribution in [1.29, 1.82) is 0 Å². The monoisotopic (exact) mass is 229 g/mol. The van der Waals surface area contributed by atoms with Crippen molar-refractivity contribution in [3.05, 3.63) is 0 Å². The molecule has 16 heavy (non-hydrogen) atoms. The number of hydrogen-bond donors (Lipinski definition) is 3. The molecule has 0 bridgehead atoms. The zero-order valence-electron chi connectivity index (χ0n) is 11.1. The van der Waals surface area contributed by atoms with Crippen LogP contribution in [0.1, 0.15) is 53.4 Å². The smallest absolute Gasteiger partial charge is 0.0715 e. The molecular weight excluding hydrogens is 202 g/mol. The summed E-state index contributed by atoms with van der Waals surface area (Å²) in [4.78, 5) is 0. The van der Waals surface area contributed by atoms with E-state index in [0.29, 0.717) is 12.5 Å². The van der Waals surface area contributed by atoms with Crippen LogP contribution in [0.25, 0.3) is 0 Å². The average Bonchev–Trinajstić information content (AvgIpc) is 2.14. The largest absolute Gasteiger partial charge is 0.393 e. The normalized spacial score (nSPS) is 36.4. The molecule has 96 valence electrons. The molecule has 3 unspecified atom stereocenters. The van der Waals surface area contributed by atoms with Crippen molar-refractivity contribution < 1.29 is 10.2 Å². The Labute approximate surface area is 99.3 Å². The van der Waals surface area contributed by atoms with Crippen LogP contribution in [-0.4, -0.2) is 34.0 Å². The average molecular weight is 229 g/mol. The van der Waals surface area contributed by atoms with E-state index in [9.17, 15) is 10.2 Å². The highest BCUT2D eigenvalue weighted by molar-refractivity contribution is 4.97. The maximum atomic E-state index is 10.0. The number of nitrogens with one attached hydrogen (secondary N) is 1. The summed E-state index contributed by atoms with van der Waals surface area (Å²) in [5.74, 6) is 0.295. The van der Waals surface area contributed by atoms with Crippen LogP contribution < -0.4 is 5.32 Å². The fourth-order valence-electron chi connectivity index (χ4n) is 2.85. The van der Waals surface area contributed by atoms with Crippen molar-refractivity contribution in [3.63, 3.8) is 0 Å². The van der Waals surface area contributed by atoms with Gasteiger partial charge in [0.25, 0.3) is 0 Å². The molecule has 0 aromatic carbocycles. The van der Waals surface area contributed by atoms with Crippen molar-refractivity contribution in [2.45, 2.75) is 70.6 Å². The summed E-state index contributed by atoms with van der Waals surface area (Å²) in [6, 6.07) is 0. The summed E-state index contributed by atoms with van der Waals surface area (Å²) in [6.45, 7) is 8.50. The second-order valence-corrected chi connectivity index (χ2v) is 6.06. The Bertz CT molecular complexity index is 224. The minimum Gasteiger partial charge on any atom is -0.393 e. The number of β-amino-alcohol motifs (C(OH)–C–C–N with tert-alkyl or cyclic N) is 1. The summed E-state index contributed by atoms with van der Waals surface area (Å²) in [5, 5.41) is 23.3. The Balaban J connectivity index is 2.65. The Hall–Kier alpha value is -0.120. The Morgan fingerprint density at radius 2 is 2.06 bits per heavy atom. The third kappa shape index (κ3) is 3.44. The zero-order valence-corrected chi connectivity index (χ0v) is 11.1. The molecule has 1 saturated carbocycles. The molecule has 3 heteroatoms. The van der Waals surface area contributed by atoms with E-state index in [4.69, 9.17) is 0 Å². The molecule has 0 amide bonds. The quantitative estimate of drug-likeness (QED) is 0.687. The second-order valence-electron chi connectivity index (χ2n) is 6.06. The van der Waals surface area contributed by atoms with Gasteiger partial charge in [-0.2, -0.15) is 0 Å². The van der Waals surface area contributed by atoms with E-state index in [1.807, 2.05) is 13.8 Å². The van der Waals surface area contributed by atoms with Crippen LogP contribution >= 0.6 is 0 Å². The van der Waals surface area contributed by atoms with Crippen molar-refractivity contribution in [1.82, 2.24) is 5.32 Å². The molecule has 3 N–H and O–H groups in total. The maximum absolute atomic E-state index is 10.0. The third-order valence-electron chi connectivity index (χ3n) is 3.84. The molecule has 3 atom stereocenters. The second kappa shape index (κ2) is 5.03. The van der Waals surface area contributed by atoms with E-state index in [0.717, 1.165) is 25.7 Å². The third-order valence-corrected chi connectivity index (χ3v) is 3.84. The van der Waals surface area contributed by atoms with Gasteiger partial charge in [0.05, 0.1) is 11.7 Å². The van der Waals surface area contributed by atoms with Crippen LogP contribution in [0.4, 0.5) is 0 Å². The molecule has 1 aliphatic rings. The first-order valence-electron chi connectivity index (χ1n) is 6.44. The lowest BCUT2D eigenvalue weighted by atomic mass is 9.71. The molecule has 3 nitrogen and oxygen atoms in total. The van der Waals surface area contributed by atoms with Gasteiger partial charge >= 0.3 is 0 Å². The summed E-state index contributed by atoms with van der Waals surface area (Å²) >= 11 is 0. The molecule has 0 radical (unpaired) electrons. The maximum Gasteiger partial charge on any atom is 0.0715 e. The number of hydrogen-bond acceptors (Lipinski definition) is 3. The first-order chi connectivity index (χ1) is 7.28. The van der Waals surface area contributed by atoms with E-state index >= 15 is 0 Å². The highest BCUT2D eigenvalue weighted by Crippen LogP contribution is 2.36. The van der Waals surface area contributed by atoms with E-state index in [1.165, 1.54) is 0 Å². The summed E-state index contributed by atoms with van der Waals surface area (Å²) < 4.78 is 0. The van der Waals surface area contributed by atoms with E-state index in [1.54, 1.807) is 0 Å². The van der Waals surface area contributed by atoms with Crippen molar-refractivity contribution in [2.75, 3.05) is 6.54 Å². The fourth-order valence-corrected chi connectivity index (χ4v) is 2.85. The molecule has 0 heterocycles. The van der Waals surface area contributed by atoms with Gasteiger partial charge in [-0.3, -0.25) is 0 Å². The first kappa shape index (κ1) is 13.9. The van der Waals surface area contributed by atoms with E-state index in [-0.39, 0.29) is 11.6 Å². The van der Waals surface area contributed by atoms with Gasteiger partial charge in [-0.25, -0.2) is 0 Å². The summed E-state index contributed by atoms with van der Waals surface area (Å²) in [7, 11) is 0. The van der Waals surface area contributed by atoms with Gasteiger partial charge in [0.2, 0.25) is 0 Å². The molecule has 1 fully saturated rings. The van der Waals surface area contributed by atoms with Crippen molar-refractivity contribution in [2.24, 2.45) is 5.92 Å². The van der Waals surface area contributed by atoms with Gasteiger partial charge in [-0.05, 0) is 46.5 Å². The minimum atomic E-state index is -0.691. The number of aliphatic hydroxyl groups excluding tert-OH is 1. The highest BCUT2D eigenvalue weighted by atomic mass is 16.3. The molecule has 1 rings (SSSR count). The van der Waals surface area contributed by atoms with Gasteiger partial charge in [-0.1, -0.05) is 6.92 Å². The van der Waals surface area contributed by atoms with E-state index < -0.39 is 5.60 Å². The molecule has 0 spiro atoms. The van der Waals surface area contributed by atoms with Crippen LogP contribution in [0.2, 0.25) is 0 Å². The Morgan fingerprint density at radius 1 is 1.44 bits per heavy atom. The SMILES string of the molecule is CCC1C(O)CCCC1(C)NCC(C)(C)O. The van der Waals surface area contributed by atoms with Gasteiger partial charge in [-0.15, -0.1) is 0 Å². The van der Waals surface area contributed by atoms with Gasteiger partial charge < -0.3 is 15.5 Å². The molecule has 0 aromatic heterocycles. The summed E-state index contributed by atoms with van der Waals surface area (Å²) in [5.41, 5.74) is -0.726. The lowest BCUT2D eigenvalue weighted by Crippen LogP contribution is -2.57. The molecule has 0 aliphatic heterocycles. The lowest BCUT2D eigenvalue weighted by Gasteiger charge is -2.45. The fraction of sp³-hybridized carbons (Fsp3) is 1.00. The van der Waals surface area contributed by atoms with E-state index in [2.05, 4.69) is 19.2 Å². The number of rotatable bonds is 4. The van der Waals surface area contributed by atoms with Gasteiger partial charge in [0.1, 0.15) is 0 Å². The van der Waals surface area contributed by atoms with Crippen LogP contribution in [0.15, 0.2) is 0 Å². The van der Waals surface area contributed by atoms with Crippen LogP contribution in [-0.2, 0) is 0 Å². The lowest BCUT2D eigenvalue weighted by molar-refractivity contribution is -0.00787. The zero-order chi connectivity index (χ0) is 12.4. The van der Waals surface area contributed by atoms with Crippen LogP contribution in [0.3, 0.4) is 0 Å². The molecule has 1 aliphatic carbocycles. The number of aliphatic hydroxyl groups is 2. The Morgan fingerprint density at radius 3 is 2.56 bits per heavy atom. The predicted octanol–water partition coefficient (Wildman–Crippen LogP) is 1.68. The molecule has 0 aromatic rings. The predicted molar refractivity (Wildman–Crippen MR) is 66.3 cm³/mol. The van der Waals surface area contributed by atoms with Crippen LogP contribution in [0, 0.1) is 5.92 Å². The van der Waals surface area contributed by atoms with Crippen LogP contribution in [0.5, 0.6) is 0 Å². The Kier molecular flexibility index (Phi) is 4.38. The highest BCUT2D eigenvalue weighted by Gasteiger charge is 2.40. The molecule has 0 saturated heterocycles. The summed E-state index contributed by atoms with van der Waals surface area (Å²) in [6.07, 6.45) is 3.85.